The Labute approximate surface area is 117 Å². The molecule has 20 heavy (non-hydrogen) atoms. The largest absolute Gasteiger partial charge is 0.489 e. The summed E-state index contributed by atoms with van der Waals surface area (Å²) in [5, 5.41) is 9.15. The third kappa shape index (κ3) is 2.82. The highest BCUT2D eigenvalue weighted by molar-refractivity contribution is 5.99. The summed E-state index contributed by atoms with van der Waals surface area (Å²) < 4.78 is 5.45. The summed E-state index contributed by atoms with van der Waals surface area (Å²) in [6.07, 6.45) is 2.80. The summed E-state index contributed by atoms with van der Waals surface area (Å²) in [5.41, 5.74) is 0.391. The Bertz CT molecular complexity index is 526. The van der Waals surface area contributed by atoms with E-state index in [1.165, 1.54) is 4.90 Å². The zero-order valence-corrected chi connectivity index (χ0v) is 11.1. The van der Waals surface area contributed by atoms with Crippen LogP contribution in [-0.2, 0) is 4.79 Å². The van der Waals surface area contributed by atoms with E-state index in [2.05, 4.69) is 6.58 Å². The van der Waals surface area contributed by atoms with Gasteiger partial charge < -0.3 is 14.7 Å². The second-order valence-electron chi connectivity index (χ2n) is 4.59. The summed E-state index contributed by atoms with van der Waals surface area (Å²) in [7, 11) is 0. The van der Waals surface area contributed by atoms with Crippen molar-refractivity contribution in [1.29, 1.82) is 0 Å². The Hall–Kier alpha value is -2.30. The highest BCUT2D eigenvalue weighted by Gasteiger charge is 2.35. The Morgan fingerprint density at radius 2 is 2.20 bits per heavy atom. The lowest BCUT2D eigenvalue weighted by Gasteiger charge is -2.22. The average Bonchev–Trinajstić information content (AvgIpc) is 2.94. The van der Waals surface area contributed by atoms with Crippen molar-refractivity contribution in [2.75, 3.05) is 13.2 Å². The summed E-state index contributed by atoms with van der Waals surface area (Å²) in [4.78, 5) is 25.1. The van der Waals surface area contributed by atoms with E-state index in [0.29, 0.717) is 37.3 Å². The Kier molecular flexibility index (Phi) is 4.40. The number of carbonyl (C=O) groups is 2. The number of benzene rings is 1. The number of likely N-dealkylation sites (tertiary alicyclic amines) is 1. The molecule has 1 aliphatic rings. The van der Waals surface area contributed by atoms with E-state index in [1.807, 2.05) is 0 Å². The molecule has 1 aromatic carbocycles. The van der Waals surface area contributed by atoms with Crippen LogP contribution in [0.2, 0.25) is 0 Å². The van der Waals surface area contributed by atoms with Crippen LogP contribution in [0.4, 0.5) is 0 Å². The molecule has 5 nitrogen and oxygen atoms in total. The Morgan fingerprint density at radius 1 is 1.45 bits per heavy atom. The van der Waals surface area contributed by atoms with Crippen LogP contribution in [0.1, 0.15) is 23.2 Å². The molecule has 0 radical (unpaired) electrons. The van der Waals surface area contributed by atoms with Gasteiger partial charge in [-0.15, -0.1) is 0 Å². The molecule has 1 N–H and O–H groups in total. The lowest BCUT2D eigenvalue weighted by Crippen LogP contribution is -2.40. The first-order valence-electron chi connectivity index (χ1n) is 6.51. The molecule has 1 fully saturated rings. The quantitative estimate of drug-likeness (QED) is 0.834. The molecule has 0 bridgehead atoms. The number of carboxylic acid groups (broad SMARTS) is 1. The zero-order chi connectivity index (χ0) is 14.5. The minimum absolute atomic E-state index is 0.297. The van der Waals surface area contributed by atoms with E-state index >= 15 is 0 Å². The molecule has 0 aliphatic carbocycles. The molecule has 1 aliphatic heterocycles. The highest BCUT2D eigenvalue weighted by Crippen LogP contribution is 2.25. The van der Waals surface area contributed by atoms with Crippen LogP contribution in [0.3, 0.4) is 0 Å². The number of aliphatic carboxylic acids is 1. The van der Waals surface area contributed by atoms with Crippen LogP contribution in [0.5, 0.6) is 5.75 Å². The molecular formula is C15H17NO4. The van der Waals surface area contributed by atoms with Gasteiger partial charge in [0.05, 0.1) is 5.56 Å². The predicted octanol–water partition coefficient (Wildman–Crippen LogP) is 1.94. The normalized spacial score (nSPS) is 17.8. The summed E-state index contributed by atoms with van der Waals surface area (Å²) in [5.74, 6) is -0.802. The highest BCUT2D eigenvalue weighted by atomic mass is 16.5. The van der Waals surface area contributed by atoms with Gasteiger partial charge in [0.1, 0.15) is 18.4 Å². The van der Waals surface area contributed by atoms with Gasteiger partial charge in [0.2, 0.25) is 0 Å². The summed E-state index contributed by atoms with van der Waals surface area (Å²) >= 11 is 0. The van der Waals surface area contributed by atoms with E-state index < -0.39 is 12.0 Å². The molecule has 106 valence electrons. The molecule has 2 rings (SSSR count). The molecule has 5 heteroatoms. The molecular weight excluding hydrogens is 258 g/mol. The number of carboxylic acids is 1. The summed E-state index contributed by atoms with van der Waals surface area (Å²) in [6.45, 7) is 4.33. The molecule has 0 saturated carbocycles. The fourth-order valence-electron chi connectivity index (χ4n) is 2.34. The average molecular weight is 275 g/mol. The van der Waals surface area contributed by atoms with Crippen molar-refractivity contribution < 1.29 is 19.4 Å². The molecule has 1 saturated heterocycles. The van der Waals surface area contributed by atoms with Crippen LogP contribution < -0.4 is 4.74 Å². The molecule has 1 aromatic rings. The van der Waals surface area contributed by atoms with Crippen molar-refractivity contribution in [3.63, 3.8) is 0 Å². The lowest BCUT2D eigenvalue weighted by molar-refractivity contribution is -0.141. The van der Waals surface area contributed by atoms with Crippen molar-refractivity contribution in [2.24, 2.45) is 0 Å². The van der Waals surface area contributed by atoms with E-state index in [9.17, 15) is 9.59 Å². The van der Waals surface area contributed by atoms with Crippen molar-refractivity contribution in [1.82, 2.24) is 4.90 Å². The van der Waals surface area contributed by atoms with Gasteiger partial charge >= 0.3 is 5.97 Å². The third-order valence-corrected chi connectivity index (χ3v) is 3.27. The second kappa shape index (κ2) is 6.23. The maximum atomic E-state index is 12.5. The third-order valence-electron chi connectivity index (χ3n) is 3.27. The van der Waals surface area contributed by atoms with Crippen LogP contribution >= 0.6 is 0 Å². The Balaban J connectivity index is 2.24. The van der Waals surface area contributed by atoms with Crippen molar-refractivity contribution in [3.05, 3.63) is 42.5 Å². The standard InChI is InChI=1S/C15H17NO4/c1-2-10-20-13-8-4-3-6-11(13)14(17)16-9-5-7-12(16)15(18)19/h2-4,6,8,12H,1,5,7,9-10H2,(H,18,19). The van der Waals surface area contributed by atoms with E-state index in [0.717, 1.165) is 0 Å². The van der Waals surface area contributed by atoms with Crippen LogP contribution in [0.25, 0.3) is 0 Å². The molecule has 0 spiro atoms. The first-order chi connectivity index (χ1) is 9.65. The number of amides is 1. The number of hydrogen-bond acceptors (Lipinski definition) is 3. The fourth-order valence-corrected chi connectivity index (χ4v) is 2.34. The molecule has 1 amide bonds. The molecule has 1 unspecified atom stereocenters. The van der Waals surface area contributed by atoms with Crippen LogP contribution in [0.15, 0.2) is 36.9 Å². The van der Waals surface area contributed by atoms with Gasteiger partial charge in [0.15, 0.2) is 0 Å². The van der Waals surface area contributed by atoms with Gasteiger partial charge in [0, 0.05) is 6.54 Å². The SMILES string of the molecule is C=CCOc1ccccc1C(=O)N1CCCC1C(=O)O. The number of para-hydroxylation sites is 1. The van der Waals surface area contributed by atoms with Crippen molar-refractivity contribution in [2.45, 2.75) is 18.9 Å². The van der Waals surface area contributed by atoms with Gasteiger partial charge in [-0.05, 0) is 25.0 Å². The van der Waals surface area contributed by atoms with Crippen LogP contribution in [0, 0.1) is 0 Å². The van der Waals surface area contributed by atoms with Crippen molar-refractivity contribution in [3.8, 4) is 5.75 Å². The van der Waals surface area contributed by atoms with E-state index in [1.54, 1.807) is 30.3 Å². The first kappa shape index (κ1) is 14.1. The van der Waals surface area contributed by atoms with E-state index in [4.69, 9.17) is 9.84 Å². The predicted molar refractivity (Wildman–Crippen MR) is 73.8 cm³/mol. The van der Waals surface area contributed by atoms with Gasteiger partial charge in [-0.1, -0.05) is 24.8 Å². The van der Waals surface area contributed by atoms with Gasteiger partial charge in [-0.2, -0.15) is 0 Å². The lowest BCUT2D eigenvalue weighted by atomic mass is 10.1. The molecule has 1 atom stereocenters. The monoisotopic (exact) mass is 275 g/mol. The van der Waals surface area contributed by atoms with Gasteiger partial charge in [-0.3, -0.25) is 4.79 Å². The van der Waals surface area contributed by atoms with E-state index in [-0.39, 0.29) is 5.91 Å². The number of nitrogens with zero attached hydrogens (tertiary/aromatic N) is 1. The zero-order valence-electron chi connectivity index (χ0n) is 11.1. The number of ether oxygens (including phenoxy) is 1. The number of rotatable bonds is 5. The fraction of sp³-hybridized carbons (Fsp3) is 0.333. The topological polar surface area (TPSA) is 66.8 Å². The summed E-state index contributed by atoms with van der Waals surface area (Å²) in [6, 6.07) is 6.11. The number of hydrogen-bond donors (Lipinski definition) is 1. The maximum absolute atomic E-state index is 12.5. The molecule has 1 heterocycles. The van der Waals surface area contributed by atoms with Crippen LogP contribution in [-0.4, -0.2) is 41.1 Å². The number of carbonyl (C=O) groups excluding carboxylic acids is 1. The Morgan fingerprint density at radius 3 is 2.90 bits per heavy atom. The minimum Gasteiger partial charge on any atom is -0.489 e. The maximum Gasteiger partial charge on any atom is 0.326 e. The first-order valence-corrected chi connectivity index (χ1v) is 6.51. The minimum atomic E-state index is -0.958. The smallest absolute Gasteiger partial charge is 0.326 e. The van der Waals surface area contributed by atoms with Crippen molar-refractivity contribution >= 4 is 11.9 Å². The second-order valence-corrected chi connectivity index (χ2v) is 4.59. The molecule has 0 aromatic heterocycles. The van der Waals surface area contributed by atoms with Gasteiger partial charge in [-0.25, -0.2) is 4.79 Å². The van der Waals surface area contributed by atoms with Gasteiger partial charge in [0.25, 0.3) is 5.91 Å².